The van der Waals surface area contributed by atoms with Crippen LogP contribution in [0.15, 0.2) is 46.8 Å². The minimum absolute atomic E-state index is 0.0675. The SMILES string of the molecule is Cc1csc2ncc(C(=O)NCCc3c[nH]c4ccccc34)c(=O)n12. The average molecular weight is 352 g/mol. The van der Waals surface area contributed by atoms with Crippen molar-refractivity contribution in [1.29, 1.82) is 0 Å². The lowest BCUT2D eigenvalue weighted by Crippen LogP contribution is -2.32. The maximum atomic E-state index is 12.5. The zero-order valence-electron chi connectivity index (χ0n) is 13.6. The second-order valence-corrected chi connectivity index (χ2v) is 6.67. The molecular formula is C18H16N4O2S. The number of amides is 1. The van der Waals surface area contributed by atoms with Gasteiger partial charge >= 0.3 is 0 Å². The van der Waals surface area contributed by atoms with Crippen molar-refractivity contribution < 1.29 is 4.79 Å². The summed E-state index contributed by atoms with van der Waals surface area (Å²) >= 11 is 1.38. The van der Waals surface area contributed by atoms with Crippen LogP contribution in [0.1, 0.15) is 21.6 Å². The van der Waals surface area contributed by atoms with Gasteiger partial charge in [-0.05, 0) is 25.0 Å². The molecule has 1 amide bonds. The van der Waals surface area contributed by atoms with E-state index in [9.17, 15) is 9.59 Å². The fraction of sp³-hybridized carbons (Fsp3) is 0.167. The molecule has 0 saturated carbocycles. The summed E-state index contributed by atoms with van der Waals surface area (Å²) in [6.07, 6.45) is 3.99. The Bertz CT molecular complexity index is 1140. The summed E-state index contributed by atoms with van der Waals surface area (Å²) in [5.41, 5.74) is 2.73. The zero-order chi connectivity index (χ0) is 17.4. The standard InChI is InChI=1S/C18H16N4O2S/c1-11-10-25-18-21-9-14(17(24)22(11)18)16(23)19-7-6-12-8-20-15-5-3-2-4-13(12)15/h2-5,8-10,20H,6-7H2,1H3,(H,19,23). The first-order valence-corrected chi connectivity index (χ1v) is 8.82. The van der Waals surface area contributed by atoms with Crippen LogP contribution in [-0.4, -0.2) is 26.8 Å². The Balaban J connectivity index is 1.50. The van der Waals surface area contributed by atoms with Crippen molar-refractivity contribution in [3.05, 3.63) is 69.2 Å². The number of thiazole rings is 1. The molecule has 3 heterocycles. The van der Waals surface area contributed by atoms with Gasteiger partial charge in [-0.3, -0.25) is 14.0 Å². The monoisotopic (exact) mass is 352 g/mol. The van der Waals surface area contributed by atoms with Gasteiger partial charge in [0, 0.05) is 40.9 Å². The number of benzene rings is 1. The number of carbonyl (C=O) groups excluding carboxylic acids is 1. The number of H-pyrrole nitrogens is 1. The van der Waals surface area contributed by atoms with Crippen LogP contribution < -0.4 is 10.9 Å². The van der Waals surface area contributed by atoms with Crippen LogP contribution in [0.3, 0.4) is 0 Å². The summed E-state index contributed by atoms with van der Waals surface area (Å²) in [6.45, 7) is 2.27. The molecule has 0 radical (unpaired) electrons. The largest absolute Gasteiger partial charge is 0.361 e. The first-order valence-electron chi connectivity index (χ1n) is 7.94. The summed E-state index contributed by atoms with van der Waals surface area (Å²) in [7, 11) is 0. The third-order valence-electron chi connectivity index (χ3n) is 4.22. The predicted octanol–water partition coefficient (Wildman–Crippen LogP) is 2.52. The zero-order valence-corrected chi connectivity index (χ0v) is 14.4. The van der Waals surface area contributed by atoms with E-state index >= 15 is 0 Å². The number of nitrogens with one attached hydrogen (secondary N) is 2. The Morgan fingerprint density at radius 2 is 2.20 bits per heavy atom. The molecule has 0 bridgehead atoms. The van der Waals surface area contributed by atoms with Gasteiger partial charge in [0.1, 0.15) is 5.56 Å². The number of carbonyl (C=O) groups is 1. The van der Waals surface area contributed by atoms with Gasteiger partial charge < -0.3 is 10.3 Å². The highest BCUT2D eigenvalue weighted by Gasteiger charge is 2.15. The maximum Gasteiger partial charge on any atom is 0.271 e. The van der Waals surface area contributed by atoms with Crippen molar-refractivity contribution in [3.8, 4) is 0 Å². The highest BCUT2D eigenvalue weighted by Crippen LogP contribution is 2.17. The molecule has 0 unspecified atom stereocenters. The summed E-state index contributed by atoms with van der Waals surface area (Å²) in [4.78, 5) is 32.9. The third kappa shape index (κ3) is 2.72. The molecule has 7 heteroatoms. The summed E-state index contributed by atoms with van der Waals surface area (Å²) in [6, 6.07) is 8.03. The summed E-state index contributed by atoms with van der Waals surface area (Å²) in [5.74, 6) is -0.391. The van der Waals surface area contributed by atoms with Crippen LogP contribution in [0.4, 0.5) is 0 Å². The Kier molecular flexibility index (Phi) is 3.85. The maximum absolute atomic E-state index is 12.5. The van der Waals surface area contributed by atoms with E-state index < -0.39 is 5.91 Å². The predicted molar refractivity (Wildman–Crippen MR) is 98.4 cm³/mol. The summed E-state index contributed by atoms with van der Waals surface area (Å²) in [5, 5.41) is 5.81. The van der Waals surface area contributed by atoms with Gasteiger partial charge in [-0.1, -0.05) is 18.2 Å². The van der Waals surface area contributed by atoms with Crippen LogP contribution in [-0.2, 0) is 6.42 Å². The molecule has 0 aliphatic rings. The minimum atomic E-state index is -0.391. The molecule has 4 rings (SSSR count). The van der Waals surface area contributed by atoms with Crippen molar-refractivity contribution in [2.75, 3.05) is 6.54 Å². The van der Waals surface area contributed by atoms with Gasteiger partial charge in [0.25, 0.3) is 11.5 Å². The van der Waals surface area contributed by atoms with Gasteiger partial charge in [0.15, 0.2) is 4.96 Å². The van der Waals surface area contributed by atoms with Crippen molar-refractivity contribution in [2.45, 2.75) is 13.3 Å². The van der Waals surface area contributed by atoms with E-state index in [1.807, 2.05) is 42.8 Å². The number of hydrogen-bond acceptors (Lipinski definition) is 4. The van der Waals surface area contributed by atoms with Crippen molar-refractivity contribution in [2.24, 2.45) is 0 Å². The van der Waals surface area contributed by atoms with E-state index in [4.69, 9.17) is 0 Å². The third-order valence-corrected chi connectivity index (χ3v) is 5.17. The minimum Gasteiger partial charge on any atom is -0.361 e. The van der Waals surface area contributed by atoms with E-state index in [0.29, 0.717) is 17.9 Å². The van der Waals surface area contributed by atoms with E-state index in [-0.39, 0.29) is 11.1 Å². The van der Waals surface area contributed by atoms with Gasteiger partial charge in [-0.2, -0.15) is 0 Å². The lowest BCUT2D eigenvalue weighted by Gasteiger charge is -2.05. The van der Waals surface area contributed by atoms with Crippen LogP contribution >= 0.6 is 11.3 Å². The molecule has 1 aromatic carbocycles. The molecule has 0 aliphatic heterocycles. The van der Waals surface area contributed by atoms with Crippen LogP contribution in [0.25, 0.3) is 15.9 Å². The molecule has 0 saturated heterocycles. The molecular weight excluding hydrogens is 336 g/mol. The average Bonchev–Trinajstić information content (AvgIpc) is 3.20. The molecule has 0 aliphatic carbocycles. The molecule has 126 valence electrons. The van der Waals surface area contributed by atoms with Gasteiger partial charge in [-0.25, -0.2) is 4.98 Å². The molecule has 6 nitrogen and oxygen atoms in total. The van der Waals surface area contributed by atoms with Gasteiger partial charge in [0.2, 0.25) is 0 Å². The Morgan fingerprint density at radius 1 is 1.36 bits per heavy atom. The van der Waals surface area contributed by atoms with E-state index in [0.717, 1.165) is 22.2 Å². The van der Waals surface area contributed by atoms with Crippen molar-refractivity contribution in [1.82, 2.24) is 19.7 Å². The first kappa shape index (κ1) is 15.6. The van der Waals surface area contributed by atoms with Crippen LogP contribution in [0.5, 0.6) is 0 Å². The number of fused-ring (bicyclic) bond motifs is 2. The Morgan fingerprint density at radius 3 is 3.08 bits per heavy atom. The quantitative estimate of drug-likeness (QED) is 0.592. The molecule has 25 heavy (non-hydrogen) atoms. The van der Waals surface area contributed by atoms with Crippen LogP contribution in [0.2, 0.25) is 0 Å². The highest BCUT2D eigenvalue weighted by atomic mass is 32.1. The first-order chi connectivity index (χ1) is 12.1. The Hall–Kier alpha value is -2.93. The highest BCUT2D eigenvalue weighted by molar-refractivity contribution is 7.15. The molecule has 0 fully saturated rings. The van der Waals surface area contributed by atoms with E-state index in [1.54, 1.807) is 0 Å². The second kappa shape index (κ2) is 6.18. The van der Waals surface area contributed by atoms with Crippen molar-refractivity contribution >= 4 is 33.1 Å². The van der Waals surface area contributed by atoms with Gasteiger partial charge in [-0.15, -0.1) is 11.3 Å². The number of aryl methyl sites for hydroxylation is 1. The Labute approximate surface area is 147 Å². The molecule has 2 N–H and O–H groups in total. The topological polar surface area (TPSA) is 79.3 Å². The van der Waals surface area contributed by atoms with Gasteiger partial charge in [0.05, 0.1) is 0 Å². The van der Waals surface area contributed by atoms with E-state index in [2.05, 4.69) is 15.3 Å². The summed E-state index contributed by atoms with van der Waals surface area (Å²) < 4.78 is 1.47. The molecule has 0 spiro atoms. The van der Waals surface area contributed by atoms with Crippen LogP contribution in [0, 0.1) is 6.92 Å². The molecule has 4 aromatic rings. The molecule has 3 aromatic heterocycles. The number of rotatable bonds is 4. The normalized spacial score (nSPS) is 11.2. The number of nitrogens with zero attached hydrogens (tertiary/aromatic N) is 2. The smallest absolute Gasteiger partial charge is 0.271 e. The van der Waals surface area contributed by atoms with Crippen molar-refractivity contribution in [3.63, 3.8) is 0 Å². The fourth-order valence-corrected chi connectivity index (χ4v) is 3.75. The number of aromatic nitrogens is 3. The van der Waals surface area contributed by atoms with E-state index in [1.165, 1.54) is 21.9 Å². The lowest BCUT2D eigenvalue weighted by atomic mass is 10.1. The number of aromatic amines is 1. The number of para-hydroxylation sites is 1. The molecule has 0 atom stereocenters. The number of hydrogen-bond donors (Lipinski definition) is 2. The second-order valence-electron chi connectivity index (χ2n) is 5.84. The fourth-order valence-electron chi connectivity index (χ4n) is 2.93. The lowest BCUT2D eigenvalue weighted by molar-refractivity contribution is 0.0952.